The third-order valence-electron chi connectivity index (χ3n) is 5.11. The summed E-state index contributed by atoms with van der Waals surface area (Å²) in [6.07, 6.45) is 9.10. The highest BCUT2D eigenvalue weighted by atomic mass is 127. The molecule has 1 aliphatic carbocycles. The lowest BCUT2D eigenvalue weighted by atomic mass is 9.81. The molecule has 8 heteroatoms. The van der Waals surface area contributed by atoms with Crippen molar-refractivity contribution < 1.29 is 4.52 Å². The van der Waals surface area contributed by atoms with Gasteiger partial charge in [-0.15, -0.1) is 24.0 Å². The molecule has 154 valence electrons. The molecule has 2 aromatic heterocycles. The third kappa shape index (κ3) is 7.03. The zero-order chi connectivity index (χ0) is 18.9. The Hall–Kier alpha value is -1.71. The normalized spacial score (nSPS) is 19.7. The van der Waals surface area contributed by atoms with Crippen molar-refractivity contribution in [3.63, 3.8) is 0 Å². The van der Waals surface area contributed by atoms with E-state index in [0.717, 1.165) is 24.3 Å². The number of guanidine groups is 1. The smallest absolute Gasteiger partial charge is 0.276 e. The van der Waals surface area contributed by atoms with Gasteiger partial charge in [0.05, 0.1) is 0 Å². The molecule has 1 fully saturated rings. The first-order chi connectivity index (χ1) is 13.2. The van der Waals surface area contributed by atoms with E-state index in [0.29, 0.717) is 30.4 Å². The highest BCUT2D eigenvalue weighted by molar-refractivity contribution is 14.0. The topological polar surface area (TPSA) is 88.2 Å². The molecule has 2 heterocycles. The summed E-state index contributed by atoms with van der Waals surface area (Å²) in [5.41, 5.74) is 0.693. The Balaban J connectivity index is 0.00000280. The number of aromatic nitrogens is 3. The SMILES string of the molecule is CN=C(NCCc1noc(-c2ccccn2)n1)NCCC1CCCC(C)C1.I. The molecular weight excluding hydrogens is 467 g/mol. The summed E-state index contributed by atoms with van der Waals surface area (Å²) < 4.78 is 5.28. The fourth-order valence-corrected chi connectivity index (χ4v) is 3.68. The van der Waals surface area contributed by atoms with E-state index in [1.807, 2.05) is 18.2 Å². The highest BCUT2D eigenvalue weighted by Gasteiger charge is 2.18. The van der Waals surface area contributed by atoms with Crippen molar-refractivity contribution in [3.8, 4) is 11.6 Å². The number of hydrogen-bond acceptors (Lipinski definition) is 5. The first-order valence-corrected chi connectivity index (χ1v) is 9.93. The molecule has 1 aliphatic rings. The molecule has 0 saturated heterocycles. The van der Waals surface area contributed by atoms with Crippen LogP contribution in [0.2, 0.25) is 0 Å². The van der Waals surface area contributed by atoms with Crippen LogP contribution in [0, 0.1) is 11.8 Å². The molecule has 1 saturated carbocycles. The molecule has 0 radical (unpaired) electrons. The van der Waals surface area contributed by atoms with E-state index in [2.05, 4.69) is 37.7 Å². The lowest BCUT2D eigenvalue weighted by Gasteiger charge is -2.26. The lowest BCUT2D eigenvalue weighted by molar-refractivity contribution is 0.270. The minimum atomic E-state index is 0. The predicted molar refractivity (Wildman–Crippen MR) is 122 cm³/mol. The molecule has 0 aromatic carbocycles. The number of nitrogens with one attached hydrogen (secondary N) is 2. The van der Waals surface area contributed by atoms with Crippen molar-refractivity contribution in [1.29, 1.82) is 0 Å². The van der Waals surface area contributed by atoms with Crippen molar-refractivity contribution in [2.75, 3.05) is 20.1 Å². The number of hydrogen-bond donors (Lipinski definition) is 2. The molecule has 0 bridgehead atoms. The Labute approximate surface area is 184 Å². The van der Waals surface area contributed by atoms with Gasteiger partial charge in [0.15, 0.2) is 11.8 Å². The Morgan fingerprint density at radius 1 is 1.25 bits per heavy atom. The van der Waals surface area contributed by atoms with Gasteiger partial charge in [-0.1, -0.05) is 37.4 Å². The Kier molecular flexibility index (Phi) is 9.66. The lowest BCUT2D eigenvalue weighted by Crippen LogP contribution is -2.39. The second kappa shape index (κ2) is 12.0. The molecule has 2 N–H and O–H groups in total. The van der Waals surface area contributed by atoms with Gasteiger partial charge >= 0.3 is 0 Å². The molecule has 0 amide bonds. The number of aliphatic imine (C=N–C) groups is 1. The van der Waals surface area contributed by atoms with E-state index in [4.69, 9.17) is 4.52 Å². The van der Waals surface area contributed by atoms with Gasteiger partial charge in [0.2, 0.25) is 0 Å². The van der Waals surface area contributed by atoms with Crippen LogP contribution >= 0.6 is 24.0 Å². The Morgan fingerprint density at radius 2 is 2.11 bits per heavy atom. The van der Waals surface area contributed by atoms with Gasteiger partial charge in [-0.2, -0.15) is 4.98 Å². The van der Waals surface area contributed by atoms with Gasteiger partial charge in [0, 0.05) is 32.8 Å². The van der Waals surface area contributed by atoms with Crippen molar-refractivity contribution >= 4 is 29.9 Å². The van der Waals surface area contributed by atoms with Crippen LogP contribution in [0.1, 0.15) is 44.9 Å². The van der Waals surface area contributed by atoms with Crippen LogP contribution in [0.15, 0.2) is 33.9 Å². The van der Waals surface area contributed by atoms with Crippen LogP contribution < -0.4 is 10.6 Å². The van der Waals surface area contributed by atoms with Crippen LogP contribution in [0.25, 0.3) is 11.6 Å². The predicted octanol–water partition coefficient (Wildman–Crippen LogP) is 3.67. The molecular formula is C20H31IN6O. The fraction of sp³-hybridized carbons (Fsp3) is 0.600. The summed E-state index contributed by atoms with van der Waals surface area (Å²) in [7, 11) is 1.80. The van der Waals surface area contributed by atoms with Crippen molar-refractivity contribution in [3.05, 3.63) is 30.2 Å². The van der Waals surface area contributed by atoms with Crippen LogP contribution in [-0.2, 0) is 6.42 Å². The van der Waals surface area contributed by atoms with Crippen molar-refractivity contribution in [1.82, 2.24) is 25.8 Å². The summed E-state index contributed by atoms with van der Waals surface area (Å²) in [4.78, 5) is 12.9. The summed E-state index contributed by atoms with van der Waals surface area (Å²) in [5, 5.41) is 10.7. The van der Waals surface area contributed by atoms with Gasteiger partial charge in [0.25, 0.3) is 5.89 Å². The highest BCUT2D eigenvalue weighted by Crippen LogP contribution is 2.30. The van der Waals surface area contributed by atoms with E-state index < -0.39 is 0 Å². The van der Waals surface area contributed by atoms with E-state index in [-0.39, 0.29) is 24.0 Å². The molecule has 2 aromatic rings. The monoisotopic (exact) mass is 498 g/mol. The second-order valence-electron chi connectivity index (χ2n) is 7.33. The first kappa shape index (κ1) is 22.6. The van der Waals surface area contributed by atoms with E-state index in [1.54, 1.807) is 13.2 Å². The quantitative estimate of drug-likeness (QED) is 0.344. The maximum atomic E-state index is 5.28. The van der Waals surface area contributed by atoms with Crippen LogP contribution in [0.5, 0.6) is 0 Å². The molecule has 0 aliphatic heterocycles. The minimum absolute atomic E-state index is 0. The van der Waals surface area contributed by atoms with Crippen LogP contribution in [0.4, 0.5) is 0 Å². The van der Waals surface area contributed by atoms with Crippen LogP contribution in [0.3, 0.4) is 0 Å². The summed E-state index contributed by atoms with van der Waals surface area (Å²) >= 11 is 0. The Morgan fingerprint density at radius 3 is 2.86 bits per heavy atom. The van der Waals surface area contributed by atoms with Gasteiger partial charge in [-0.3, -0.25) is 9.98 Å². The summed E-state index contributed by atoms with van der Waals surface area (Å²) in [6.45, 7) is 4.03. The second-order valence-corrected chi connectivity index (χ2v) is 7.33. The standard InChI is InChI=1S/C20H30N6O.HI/c1-15-6-5-7-16(14-15)9-12-23-20(21-2)24-13-10-18-25-19(27-26-18)17-8-3-4-11-22-17;/h3-4,8,11,15-16H,5-7,9-10,12-14H2,1-2H3,(H2,21,23,24);1H. The Bertz CT molecular complexity index is 720. The number of pyridine rings is 1. The van der Waals surface area contributed by atoms with Gasteiger partial charge in [-0.05, 0) is 36.8 Å². The van der Waals surface area contributed by atoms with Gasteiger partial charge < -0.3 is 15.2 Å². The molecule has 3 rings (SSSR count). The number of nitrogens with zero attached hydrogens (tertiary/aromatic N) is 4. The molecule has 0 spiro atoms. The van der Waals surface area contributed by atoms with Crippen molar-refractivity contribution in [2.45, 2.75) is 45.4 Å². The van der Waals surface area contributed by atoms with E-state index >= 15 is 0 Å². The third-order valence-corrected chi connectivity index (χ3v) is 5.11. The zero-order valence-electron chi connectivity index (χ0n) is 16.7. The van der Waals surface area contributed by atoms with E-state index in [9.17, 15) is 0 Å². The minimum Gasteiger partial charge on any atom is -0.356 e. The average Bonchev–Trinajstić information content (AvgIpc) is 3.16. The maximum absolute atomic E-state index is 5.28. The number of halogens is 1. The molecule has 2 atom stereocenters. The average molecular weight is 498 g/mol. The zero-order valence-corrected chi connectivity index (χ0v) is 19.1. The summed E-state index contributed by atoms with van der Waals surface area (Å²) in [6, 6.07) is 5.62. The molecule has 28 heavy (non-hydrogen) atoms. The fourth-order valence-electron chi connectivity index (χ4n) is 3.68. The van der Waals surface area contributed by atoms with Crippen LogP contribution in [-0.4, -0.2) is 41.2 Å². The maximum Gasteiger partial charge on any atom is 0.276 e. The van der Waals surface area contributed by atoms with Crippen molar-refractivity contribution in [2.24, 2.45) is 16.8 Å². The number of rotatable bonds is 7. The molecule has 7 nitrogen and oxygen atoms in total. The van der Waals surface area contributed by atoms with Gasteiger partial charge in [0.1, 0.15) is 5.69 Å². The first-order valence-electron chi connectivity index (χ1n) is 9.93. The largest absolute Gasteiger partial charge is 0.356 e. The molecule has 2 unspecified atom stereocenters. The summed E-state index contributed by atoms with van der Waals surface area (Å²) in [5.74, 6) is 3.67. The van der Waals surface area contributed by atoms with Gasteiger partial charge in [-0.25, -0.2) is 0 Å². The van der Waals surface area contributed by atoms with E-state index in [1.165, 1.54) is 32.1 Å².